The van der Waals surface area contributed by atoms with Gasteiger partial charge in [0.15, 0.2) is 0 Å². The van der Waals surface area contributed by atoms with Crippen molar-refractivity contribution in [3.05, 3.63) is 0 Å². The van der Waals surface area contributed by atoms with Gasteiger partial charge in [0.05, 0.1) is 0 Å². The Morgan fingerprint density at radius 1 is 1.00 bits per heavy atom. The highest BCUT2D eigenvalue weighted by Crippen LogP contribution is 2.56. The first-order valence-corrected chi connectivity index (χ1v) is 6.83. The highest BCUT2D eigenvalue weighted by Gasteiger charge is 2.56. The van der Waals surface area contributed by atoms with E-state index in [0.717, 1.165) is 24.7 Å². The van der Waals surface area contributed by atoms with Crippen molar-refractivity contribution >= 4 is 37.6 Å². The number of alkyl halides is 2. The van der Waals surface area contributed by atoms with E-state index in [1.165, 1.54) is 6.42 Å². The van der Waals surface area contributed by atoms with Gasteiger partial charge < -0.3 is 0 Å². The lowest BCUT2D eigenvalue weighted by Gasteiger charge is -2.54. The number of ketones is 1. The minimum Gasteiger partial charge on any atom is -0.299 e. The summed E-state index contributed by atoms with van der Waals surface area (Å²) in [5.74, 6) is 2.77. The Kier molecular flexibility index (Phi) is 1.93. The molecule has 2 unspecified atom stereocenters. The number of carbonyl (C=O) groups excluding carboxylic acids is 1. The molecular weight excluding hydrogens is 296 g/mol. The van der Waals surface area contributed by atoms with Crippen LogP contribution in [0, 0.1) is 23.7 Å². The van der Waals surface area contributed by atoms with Gasteiger partial charge in [0.25, 0.3) is 0 Å². The van der Waals surface area contributed by atoms with Crippen molar-refractivity contribution in [3.63, 3.8) is 0 Å². The summed E-state index contributed by atoms with van der Waals surface area (Å²) in [7, 11) is 0. The van der Waals surface area contributed by atoms with Gasteiger partial charge in [0.2, 0.25) is 0 Å². The third-order valence-electron chi connectivity index (χ3n) is 4.10. The van der Waals surface area contributed by atoms with E-state index in [1.807, 2.05) is 0 Å². The molecule has 0 radical (unpaired) electrons. The molecule has 13 heavy (non-hydrogen) atoms. The first kappa shape index (κ1) is 8.90. The highest BCUT2D eigenvalue weighted by molar-refractivity contribution is 9.10. The lowest BCUT2D eigenvalue weighted by molar-refractivity contribution is -0.138. The van der Waals surface area contributed by atoms with Crippen LogP contribution >= 0.6 is 31.9 Å². The molecule has 4 saturated carbocycles. The van der Waals surface area contributed by atoms with Crippen molar-refractivity contribution < 1.29 is 4.79 Å². The van der Waals surface area contributed by atoms with Crippen molar-refractivity contribution in [3.8, 4) is 0 Å². The van der Waals surface area contributed by atoms with E-state index >= 15 is 0 Å². The van der Waals surface area contributed by atoms with Crippen molar-refractivity contribution in [2.75, 3.05) is 0 Å². The summed E-state index contributed by atoms with van der Waals surface area (Å²) in [5.41, 5.74) is 0. The monoisotopic (exact) mass is 306 g/mol. The lowest BCUT2D eigenvalue weighted by Crippen LogP contribution is -2.57. The molecule has 0 aromatic carbocycles. The lowest BCUT2D eigenvalue weighted by atomic mass is 9.55. The van der Waals surface area contributed by atoms with Crippen LogP contribution in [-0.2, 0) is 4.79 Å². The van der Waals surface area contributed by atoms with Gasteiger partial charge in [-0.3, -0.25) is 4.79 Å². The first-order chi connectivity index (χ1) is 6.18. The average Bonchev–Trinajstić information content (AvgIpc) is 2.12. The zero-order chi connectivity index (χ0) is 9.16. The van der Waals surface area contributed by atoms with Gasteiger partial charge in [0.1, 0.15) is 5.78 Å². The van der Waals surface area contributed by atoms with E-state index in [-0.39, 0.29) is 5.92 Å². The molecule has 1 nitrogen and oxygen atoms in total. The Labute approximate surface area is 94.9 Å². The predicted octanol–water partition coefficient (Wildman–Crippen LogP) is 2.76. The minimum absolute atomic E-state index is 0.274. The molecule has 4 aliphatic carbocycles. The number of halogens is 2. The third-order valence-corrected chi connectivity index (χ3v) is 6.73. The second-order valence-corrected chi connectivity index (χ2v) is 6.86. The normalized spacial score (nSPS) is 58.8. The smallest absolute Gasteiger partial charge is 0.141 e. The van der Waals surface area contributed by atoms with Gasteiger partial charge in [0, 0.05) is 21.5 Å². The Hall–Kier alpha value is 0.630. The van der Waals surface area contributed by atoms with Gasteiger partial charge >= 0.3 is 0 Å². The van der Waals surface area contributed by atoms with E-state index in [1.54, 1.807) is 0 Å². The van der Waals surface area contributed by atoms with Gasteiger partial charge in [-0.1, -0.05) is 31.9 Å². The number of hydrogen-bond donors (Lipinski definition) is 0. The topological polar surface area (TPSA) is 17.1 Å². The van der Waals surface area contributed by atoms with Gasteiger partial charge in [-0.05, 0) is 31.1 Å². The highest BCUT2D eigenvalue weighted by atomic mass is 79.9. The molecule has 3 heteroatoms. The Balaban J connectivity index is 2.01. The molecule has 0 spiro atoms. The van der Waals surface area contributed by atoms with Crippen LogP contribution in [0.5, 0.6) is 0 Å². The van der Waals surface area contributed by atoms with Crippen LogP contribution in [0.2, 0.25) is 0 Å². The Morgan fingerprint density at radius 2 is 1.54 bits per heavy atom. The van der Waals surface area contributed by atoms with E-state index in [2.05, 4.69) is 31.9 Å². The number of carbonyl (C=O) groups is 1. The fourth-order valence-corrected chi connectivity index (χ4v) is 5.96. The van der Waals surface area contributed by atoms with Gasteiger partial charge in [-0.25, -0.2) is 0 Å². The molecule has 4 rings (SSSR count). The summed E-state index contributed by atoms with van der Waals surface area (Å²) in [5, 5.41) is 0. The summed E-state index contributed by atoms with van der Waals surface area (Å²) >= 11 is 7.42. The fraction of sp³-hybridized carbons (Fsp3) is 0.900. The van der Waals surface area contributed by atoms with Crippen LogP contribution in [0.4, 0.5) is 0 Å². The maximum Gasteiger partial charge on any atom is 0.141 e. The van der Waals surface area contributed by atoms with Crippen LogP contribution in [-0.4, -0.2) is 15.4 Å². The minimum atomic E-state index is 0.274. The number of rotatable bonds is 0. The maximum absolute atomic E-state index is 11.9. The summed E-state index contributed by atoms with van der Waals surface area (Å²) in [4.78, 5) is 12.8. The molecule has 72 valence electrons. The molecule has 4 bridgehead atoms. The molecule has 0 aromatic heterocycles. The molecule has 4 aliphatic rings. The quantitative estimate of drug-likeness (QED) is 0.629. The van der Waals surface area contributed by atoms with Gasteiger partial charge in [-0.15, -0.1) is 0 Å². The van der Waals surface area contributed by atoms with Gasteiger partial charge in [-0.2, -0.15) is 0 Å². The molecule has 4 atom stereocenters. The Morgan fingerprint density at radius 3 is 2.08 bits per heavy atom. The molecule has 0 amide bonds. The zero-order valence-corrected chi connectivity index (χ0v) is 10.4. The van der Waals surface area contributed by atoms with E-state index < -0.39 is 0 Å². The van der Waals surface area contributed by atoms with E-state index in [9.17, 15) is 4.79 Å². The molecule has 0 aliphatic heterocycles. The van der Waals surface area contributed by atoms with Crippen molar-refractivity contribution in [1.82, 2.24) is 0 Å². The van der Waals surface area contributed by atoms with Crippen LogP contribution < -0.4 is 0 Å². The van der Waals surface area contributed by atoms with Crippen LogP contribution in [0.25, 0.3) is 0 Å². The molecule has 0 heterocycles. The third kappa shape index (κ3) is 1.06. The summed E-state index contributed by atoms with van der Waals surface area (Å²) < 4.78 is 0. The van der Waals surface area contributed by atoms with Crippen molar-refractivity contribution in [2.45, 2.75) is 28.9 Å². The summed E-state index contributed by atoms with van der Waals surface area (Å²) in [6.07, 6.45) is 3.63. The SMILES string of the molecule is O=C1C2CC3CC(C2)[C@H](Br)C1[C@H]3Br. The second kappa shape index (κ2) is 2.82. The molecular formula is C10H12Br2O. The standard InChI is InChI=1S/C10H12Br2O/c11-8-4-1-5-3-6(2-4)10(13)7(8)9(5)12/h4-9H,1-3H2/t4?,5?,6?,7?,8-,9-/m0/s1. The van der Waals surface area contributed by atoms with Crippen LogP contribution in [0.1, 0.15) is 19.3 Å². The number of Topliss-reactive ketones (excluding diaryl/α,β-unsaturated/α-hetero) is 1. The molecule has 0 saturated heterocycles. The molecule has 0 aromatic rings. The van der Waals surface area contributed by atoms with Crippen LogP contribution in [0.15, 0.2) is 0 Å². The van der Waals surface area contributed by atoms with Crippen molar-refractivity contribution in [2.24, 2.45) is 23.7 Å². The fourth-order valence-electron chi connectivity index (χ4n) is 3.51. The van der Waals surface area contributed by atoms with Crippen LogP contribution in [0.3, 0.4) is 0 Å². The zero-order valence-electron chi connectivity index (χ0n) is 7.25. The molecule has 4 fully saturated rings. The largest absolute Gasteiger partial charge is 0.299 e. The second-order valence-electron chi connectivity index (χ2n) is 4.74. The summed E-state index contributed by atoms with van der Waals surface area (Å²) in [6, 6.07) is 0. The van der Waals surface area contributed by atoms with Crippen molar-refractivity contribution in [1.29, 1.82) is 0 Å². The predicted molar refractivity (Wildman–Crippen MR) is 58.2 cm³/mol. The maximum atomic E-state index is 11.9. The average molecular weight is 308 g/mol. The first-order valence-electron chi connectivity index (χ1n) is 5.00. The summed E-state index contributed by atoms with van der Waals surface area (Å²) in [6.45, 7) is 0. The van der Waals surface area contributed by atoms with E-state index in [0.29, 0.717) is 21.4 Å². The molecule has 0 N–H and O–H groups in total. The van der Waals surface area contributed by atoms with E-state index in [4.69, 9.17) is 0 Å². The Bertz CT molecular complexity index is 248. The number of hydrogen-bond acceptors (Lipinski definition) is 1.